The fourth-order valence-corrected chi connectivity index (χ4v) is 11.0. The van der Waals surface area contributed by atoms with Crippen LogP contribution in [-0.4, -0.2) is 35.0 Å². The van der Waals surface area contributed by atoms with E-state index in [4.69, 9.17) is 0 Å². The van der Waals surface area contributed by atoms with Crippen molar-refractivity contribution < 1.29 is 0 Å². The number of aromatic nitrogens is 2. The van der Waals surface area contributed by atoms with Crippen molar-refractivity contribution in [2.24, 2.45) is 0 Å². The van der Waals surface area contributed by atoms with Gasteiger partial charge in [0, 0.05) is 42.1 Å². The molecule has 6 nitrogen and oxygen atoms in total. The summed E-state index contributed by atoms with van der Waals surface area (Å²) in [5.41, 5.74) is 3.88. The number of unbranched alkanes of at least 4 members (excludes halogenated alkanes) is 10. The third kappa shape index (κ3) is 7.27. The van der Waals surface area contributed by atoms with Crippen LogP contribution in [0.1, 0.15) is 113 Å². The minimum atomic E-state index is 0.00153. The van der Waals surface area contributed by atoms with Gasteiger partial charge in [-0.1, -0.05) is 90.2 Å². The highest BCUT2D eigenvalue weighted by Crippen LogP contribution is 2.40. The normalized spacial score (nSPS) is 12.6. The van der Waals surface area contributed by atoms with Crippen molar-refractivity contribution in [3.05, 3.63) is 79.0 Å². The molecule has 0 aliphatic heterocycles. The van der Waals surface area contributed by atoms with Gasteiger partial charge >= 0.3 is 0 Å². The van der Waals surface area contributed by atoms with Gasteiger partial charge in [0.1, 0.15) is 0 Å². The maximum Gasteiger partial charge on any atom is 0.263 e. The van der Waals surface area contributed by atoms with E-state index in [-0.39, 0.29) is 11.1 Å². The first-order valence-electron chi connectivity index (χ1n) is 21.0. The monoisotopic (exact) mass is 760 g/mol. The number of nitrogens with one attached hydrogen (secondary N) is 2. The SMILES string of the molecule is CCCCCCCCNCCCc1cc2c(cc3c4ccc5c(=O)n6c7cc(CCCNCCCCCCCC)sc7cc6c6ccc(c(=O)n23)c4c56)s1. The minimum absolute atomic E-state index is 0.00153. The molecule has 0 aliphatic rings. The van der Waals surface area contributed by atoms with Crippen molar-refractivity contribution in [1.82, 2.24) is 19.4 Å². The van der Waals surface area contributed by atoms with Gasteiger partial charge in [-0.3, -0.25) is 18.4 Å². The van der Waals surface area contributed by atoms with Gasteiger partial charge in [-0.05, 0) is 101 Å². The van der Waals surface area contributed by atoms with Gasteiger partial charge in [0.2, 0.25) is 0 Å². The van der Waals surface area contributed by atoms with Crippen molar-refractivity contribution in [2.75, 3.05) is 26.2 Å². The number of rotatable bonds is 22. The minimum Gasteiger partial charge on any atom is -0.317 e. The Bertz CT molecular complexity index is 2430. The van der Waals surface area contributed by atoms with Crippen LogP contribution in [0.3, 0.4) is 0 Å². The van der Waals surface area contributed by atoms with E-state index in [1.54, 1.807) is 0 Å². The number of nitrogens with zero attached hydrogens (tertiary/aromatic N) is 2. The first kappa shape index (κ1) is 37.4. The second kappa shape index (κ2) is 17.1. The quantitative estimate of drug-likeness (QED) is 0.0533. The lowest BCUT2D eigenvalue weighted by Crippen LogP contribution is -2.17. The standard InChI is InChI=1S/C46H56N4O2S2/c1-3-5-7-9-11-13-23-47-25-15-17-31-27-39-41(53-31)29-37-33-19-22-36-44-34(20-21-35(43(33)44)45(51)49(37)39)38-30-42-40(50(38)46(36)52)28-32(54-42)18-16-26-48-24-14-12-10-8-6-4-2/h19-22,27-30,47-48H,3-18,23-26H2,1-2H3. The largest absolute Gasteiger partial charge is 0.317 e. The van der Waals surface area contributed by atoms with Crippen LogP contribution in [0, 0.1) is 0 Å². The Balaban J connectivity index is 1.000. The van der Waals surface area contributed by atoms with Crippen molar-refractivity contribution in [3.63, 3.8) is 0 Å². The summed E-state index contributed by atoms with van der Waals surface area (Å²) in [7, 11) is 0. The number of benzene rings is 2. The summed E-state index contributed by atoms with van der Waals surface area (Å²) in [6.45, 7) is 8.79. The molecule has 8 aromatic rings. The maximum atomic E-state index is 14.3. The molecular formula is C46H56N4O2S2. The maximum absolute atomic E-state index is 14.3. The second-order valence-corrected chi connectivity index (χ2v) is 17.9. The van der Waals surface area contributed by atoms with E-state index in [0.717, 1.165) is 105 Å². The van der Waals surface area contributed by atoms with Gasteiger partial charge in [0.25, 0.3) is 11.1 Å². The number of pyridine rings is 2. The summed E-state index contributed by atoms with van der Waals surface area (Å²) in [6.07, 6.45) is 20.1. The summed E-state index contributed by atoms with van der Waals surface area (Å²) in [4.78, 5) is 31.2. The number of fused-ring (bicyclic) bond motifs is 8. The Morgan fingerprint density at radius 1 is 0.463 bits per heavy atom. The van der Waals surface area contributed by atoms with Gasteiger partial charge < -0.3 is 10.6 Å². The fraction of sp³-hybridized carbons (Fsp3) is 0.478. The Hall–Kier alpha value is -3.56. The third-order valence-corrected chi connectivity index (χ3v) is 13.9. The van der Waals surface area contributed by atoms with Crippen LogP contribution >= 0.6 is 22.7 Å². The zero-order chi connectivity index (χ0) is 37.0. The highest BCUT2D eigenvalue weighted by Gasteiger charge is 2.22. The van der Waals surface area contributed by atoms with E-state index >= 15 is 0 Å². The molecule has 6 heterocycles. The van der Waals surface area contributed by atoms with Crippen LogP contribution in [0.15, 0.2) is 58.1 Å². The molecule has 0 aliphatic carbocycles. The van der Waals surface area contributed by atoms with Crippen molar-refractivity contribution >= 4 is 86.5 Å². The van der Waals surface area contributed by atoms with Gasteiger partial charge in [-0.15, -0.1) is 22.7 Å². The van der Waals surface area contributed by atoms with Crippen LogP contribution in [0.25, 0.3) is 63.8 Å². The molecule has 0 saturated heterocycles. The van der Waals surface area contributed by atoms with Crippen LogP contribution in [0.2, 0.25) is 0 Å². The van der Waals surface area contributed by atoms with Crippen LogP contribution in [-0.2, 0) is 12.8 Å². The average Bonchev–Trinajstić information content (AvgIpc) is 3.94. The zero-order valence-corrected chi connectivity index (χ0v) is 33.9. The van der Waals surface area contributed by atoms with E-state index in [2.05, 4.69) is 60.9 Å². The van der Waals surface area contributed by atoms with E-state index in [0.29, 0.717) is 10.8 Å². The molecule has 0 bridgehead atoms. The van der Waals surface area contributed by atoms with E-state index in [1.807, 2.05) is 43.6 Å². The summed E-state index contributed by atoms with van der Waals surface area (Å²) in [5.74, 6) is 0. The van der Waals surface area contributed by atoms with E-state index in [1.165, 1.54) is 86.8 Å². The number of thiophene rings is 2. The molecule has 2 aromatic carbocycles. The molecule has 0 amide bonds. The molecule has 0 fully saturated rings. The molecule has 8 rings (SSSR count). The average molecular weight is 761 g/mol. The highest BCUT2D eigenvalue weighted by atomic mass is 32.1. The van der Waals surface area contributed by atoms with E-state index < -0.39 is 0 Å². The second-order valence-electron chi connectivity index (χ2n) is 15.6. The first-order valence-corrected chi connectivity index (χ1v) is 22.6. The van der Waals surface area contributed by atoms with Crippen molar-refractivity contribution in [3.8, 4) is 0 Å². The fourth-order valence-electron chi connectivity index (χ4n) is 8.77. The number of hydrogen-bond donors (Lipinski definition) is 2. The molecule has 0 radical (unpaired) electrons. The van der Waals surface area contributed by atoms with Crippen molar-refractivity contribution in [1.29, 1.82) is 0 Å². The molecule has 0 atom stereocenters. The Labute approximate surface area is 326 Å². The molecular weight excluding hydrogens is 705 g/mol. The van der Waals surface area contributed by atoms with Gasteiger partial charge in [-0.25, -0.2) is 0 Å². The Morgan fingerprint density at radius 3 is 1.30 bits per heavy atom. The summed E-state index contributed by atoms with van der Waals surface area (Å²) < 4.78 is 6.14. The lowest BCUT2D eigenvalue weighted by Gasteiger charge is -2.13. The predicted octanol–water partition coefficient (Wildman–Crippen LogP) is 11.4. The molecule has 0 saturated carbocycles. The summed E-state index contributed by atoms with van der Waals surface area (Å²) >= 11 is 3.62. The molecule has 284 valence electrons. The topological polar surface area (TPSA) is 67.0 Å². The van der Waals surface area contributed by atoms with Crippen LogP contribution in [0.5, 0.6) is 0 Å². The zero-order valence-electron chi connectivity index (χ0n) is 32.3. The molecule has 8 heteroatoms. The lowest BCUT2D eigenvalue weighted by molar-refractivity contribution is 0.565. The highest BCUT2D eigenvalue weighted by molar-refractivity contribution is 7.19. The third-order valence-electron chi connectivity index (χ3n) is 11.6. The first-order chi connectivity index (χ1) is 26.6. The van der Waals surface area contributed by atoms with E-state index in [9.17, 15) is 9.59 Å². The summed E-state index contributed by atoms with van der Waals surface area (Å²) in [5, 5.41) is 12.5. The van der Waals surface area contributed by atoms with Crippen LogP contribution < -0.4 is 21.8 Å². The predicted molar refractivity (Wildman–Crippen MR) is 236 cm³/mol. The lowest BCUT2D eigenvalue weighted by atomic mass is 9.95. The van der Waals surface area contributed by atoms with Crippen LogP contribution in [0.4, 0.5) is 0 Å². The Morgan fingerprint density at radius 2 is 0.852 bits per heavy atom. The number of aryl methyl sites for hydroxylation is 2. The molecule has 0 spiro atoms. The van der Waals surface area contributed by atoms with Crippen molar-refractivity contribution in [2.45, 2.75) is 117 Å². The molecule has 2 N–H and O–H groups in total. The van der Waals surface area contributed by atoms with Gasteiger partial charge in [-0.2, -0.15) is 0 Å². The molecule has 0 unspecified atom stereocenters. The number of hydrogen-bond acceptors (Lipinski definition) is 6. The smallest absolute Gasteiger partial charge is 0.263 e. The van der Waals surface area contributed by atoms with Gasteiger partial charge in [0.15, 0.2) is 0 Å². The molecule has 54 heavy (non-hydrogen) atoms. The Kier molecular flexibility index (Phi) is 11.8. The summed E-state index contributed by atoms with van der Waals surface area (Å²) in [6, 6.07) is 17.0. The molecule has 6 aromatic heterocycles. The van der Waals surface area contributed by atoms with Gasteiger partial charge in [0.05, 0.1) is 31.5 Å².